The van der Waals surface area contributed by atoms with Crippen molar-refractivity contribution >= 4 is 11.9 Å². The fourth-order valence-corrected chi connectivity index (χ4v) is 1.92. The molecule has 0 aliphatic carbocycles. The van der Waals surface area contributed by atoms with Crippen LogP contribution in [0.25, 0.3) is 0 Å². The van der Waals surface area contributed by atoms with Gasteiger partial charge in [0.05, 0.1) is 0 Å². The van der Waals surface area contributed by atoms with E-state index in [1.165, 1.54) is 0 Å². The second kappa shape index (κ2) is 9.05. The molecule has 6 heteroatoms. The molecule has 2 N–H and O–H groups in total. The number of aliphatic carboxylic acids is 1. The molecule has 0 fully saturated rings. The normalized spacial score (nSPS) is 10.4. The van der Waals surface area contributed by atoms with Gasteiger partial charge in [-0.1, -0.05) is 19.3 Å². The molecular weight excluding hydrogens is 280 g/mol. The summed E-state index contributed by atoms with van der Waals surface area (Å²) in [5.41, 5.74) is -0.0334. The zero-order valence-electron chi connectivity index (χ0n) is 11.7. The Morgan fingerprint density at radius 3 is 2.14 bits per heavy atom. The number of carboxylic acid groups (broad SMARTS) is 1. The van der Waals surface area contributed by atoms with E-state index in [2.05, 4.69) is 5.32 Å². The molecule has 0 spiro atoms. The molecule has 116 valence electrons. The first kappa shape index (κ1) is 17.1. The number of amides is 1. The van der Waals surface area contributed by atoms with Gasteiger partial charge in [-0.3, -0.25) is 9.59 Å². The molecule has 0 unspecified atom stereocenters. The van der Waals surface area contributed by atoms with Crippen LogP contribution in [0.4, 0.5) is 8.78 Å². The van der Waals surface area contributed by atoms with Crippen molar-refractivity contribution in [1.82, 2.24) is 5.32 Å². The van der Waals surface area contributed by atoms with Crippen LogP contribution in [0.1, 0.15) is 48.9 Å². The minimum absolute atomic E-state index is 0.0334. The summed E-state index contributed by atoms with van der Waals surface area (Å²) >= 11 is 0. The van der Waals surface area contributed by atoms with Gasteiger partial charge in [-0.25, -0.2) is 8.78 Å². The van der Waals surface area contributed by atoms with Crippen LogP contribution in [-0.4, -0.2) is 23.5 Å². The Morgan fingerprint density at radius 2 is 1.52 bits per heavy atom. The lowest BCUT2D eigenvalue weighted by Crippen LogP contribution is -2.24. The average molecular weight is 299 g/mol. The lowest BCUT2D eigenvalue weighted by molar-refractivity contribution is -0.137. The lowest BCUT2D eigenvalue weighted by Gasteiger charge is -2.05. The number of benzene rings is 1. The second-order valence-corrected chi connectivity index (χ2v) is 4.83. The highest BCUT2D eigenvalue weighted by Crippen LogP contribution is 2.08. The standard InChI is InChI=1S/C15H19F2NO3/c16-12-8-11(9-13(17)10-12)15(21)18-7-5-3-1-2-4-6-14(19)20/h8-10H,1-7H2,(H,18,21)(H,19,20). The Kier molecular flexibility index (Phi) is 7.36. The lowest BCUT2D eigenvalue weighted by atomic mass is 10.1. The maximum Gasteiger partial charge on any atom is 0.303 e. The number of carbonyl (C=O) groups excluding carboxylic acids is 1. The van der Waals surface area contributed by atoms with Crippen LogP contribution in [0.2, 0.25) is 0 Å². The molecule has 0 heterocycles. The first-order chi connectivity index (χ1) is 9.99. The molecule has 0 aromatic heterocycles. The summed E-state index contributed by atoms with van der Waals surface area (Å²) < 4.78 is 25.9. The summed E-state index contributed by atoms with van der Waals surface area (Å²) in [6.45, 7) is 0.426. The number of rotatable bonds is 9. The SMILES string of the molecule is O=C(O)CCCCCCCNC(=O)c1cc(F)cc(F)c1. The third kappa shape index (κ3) is 7.39. The van der Waals surface area contributed by atoms with Gasteiger partial charge in [0.1, 0.15) is 11.6 Å². The van der Waals surface area contributed by atoms with Crippen LogP contribution in [0, 0.1) is 11.6 Å². The third-order valence-corrected chi connectivity index (χ3v) is 2.98. The summed E-state index contributed by atoms with van der Waals surface area (Å²) in [6.07, 6.45) is 4.20. The van der Waals surface area contributed by atoms with Gasteiger partial charge in [0.25, 0.3) is 5.91 Å². The predicted octanol–water partition coefficient (Wildman–Crippen LogP) is 3.12. The first-order valence-electron chi connectivity index (χ1n) is 6.95. The number of carboxylic acids is 1. The monoisotopic (exact) mass is 299 g/mol. The Hall–Kier alpha value is -1.98. The van der Waals surface area contributed by atoms with E-state index in [1.807, 2.05) is 0 Å². The number of hydrogen-bond acceptors (Lipinski definition) is 2. The number of carbonyl (C=O) groups is 2. The predicted molar refractivity (Wildman–Crippen MR) is 74.0 cm³/mol. The van der Waals surface area contributed by atoms with E-state index in [0.29, 0.717) is 19.0 Å². The molecular formula is C15H19F2NO3. The molecule has 1 aromatic rings. The Balaban J connectivity index is 2.15. The van der Waals surface area contributed by atoms with Gasteiger partial charge < -0.3 is 10.4 Å². The Labute approximate surface area is 122 Å². The minimum atomic E-state index is -0.787. The van der Waals surface area contributed by atoms with E-state index in [0.717, 1.165) is 37.8 Å². The molecule has 0 saturated heterocycles. The summed E-state index contributed by atoms with van der Waals surface area (Å²) in [6, 6.07) is 2.70. The van der Waals surface area contributed by atoms with Gasteiger partial charge >= 0.3 is 5.97 Å². The van der Waals surface area contributed by atoms with Crippen molar-refractivity contribution in [1.29, 1.82) is 0 Å². The van der Waals surface area contributed by atoms with E-state index in [4.69, 9.17) is 5.11 Å². The molecule has 0 atom stereocenters. The molecule has 21 heavy (non-hydrogen) atoms. The molecule has 0 aliphatic heterocycles. The highest BCUT2D eigenvalue weighted by Gasteiger charge is 2.08. The van der Waals surface area contributed by atoms with Crippen LogP contribution in [0.5, 0.6) is 0 Å². The molecule has 0 aliphatic rings. The molecule has 0 bridgehead atoms. The number of unbranched alkanes of at least 4 members (excludes halogenated alkanes) is 4. The van der Waals surface area contributed by atoms with E-state index in [9.17, 15) is 18.4 Å². The highest BCUT2D eigenvalue weighted by atomic mass is 19.1. The fraction of sp³-hybridized carbons (Fsp3) is 0.467. The third-order valence-electron chi connectivity index (χ3n) is 2.98. The van der Waals surface area contributed by atoms with Crippen LogP contribution >= 0.6 is 0 Å². The molecule has 0 saturated carbocycles. The summed E-state index contributed by atoms with van der Waals surface area (Å²) in [5, 5.41) is 11.1. The molecule has 1 rings (SSSR count). The van der Waals surface area contributed by atoms with Crippen LogP contribution in [0.3, 0.4) is 0 Å². The van der Waals surface area contributed by atoms with Gasteiger partial charge in [-0.2, -0.15) is 0 Å². The molecule has 1 amide bonds. The van der Waals surface area contributed by atoms with E-state index >= 15 is 0 Å². The Morgan fingerprint density at radius 1 is 0.952 bits per heavy atom. The van der Waals surface area contributed by atoms with Crippen LogP contribution in [-0.2, 0) is 4.79 Å². The van der Waals surface area contributed by atoms with Crippen molar-refractivity contribution in [2.45, 2.75) is 38.5 Å². The van der Waals surface area contributed by atoms with Gasteiger partial charge in [-0.15, -0.1) is 0 Å². The first-order valence-corrected chi connectivity index (χ1v) is 6.95. The summed E-state index contributed by atoms with van der Waals surface area (Å²) in [4.78, 5) is 21.9. The highest BCUT2D eigenvalue weighted by molar-refractivity contribution is 5.94. The second-order valence-electron chi connectivity index (χ2n) is 4.83. The van der Waals surface area contributed by atoms with E-state index < -0.39 is 23.5 Å². The number of halogens is 2. The van der Waals surface area contributed by atoms with E-state index in [-0.39, 0.29) is 12.0 Å². The van der Waals surface area contributed by atoms with Gasteiger partial charge in [0.15, 0.2) is 0 Å². The van der Waals surface area contributed by atoms with Crippen molar-refractivity contribution in [2.75, 3.05) is 6.54 Å². The average Bonchev–Trinajstić information content (AvgIpc) is 2.40. The fourth-order valence-electron chi connectivity index (χ4n) is 1.92. The molecule has 4 nitrogen and oxygen atoms in total. The topological polar surface area (TPSA) is 66.4 Å². The van der Waals surface area contributed by atoms with Crippen molar-refractivity contribution in [3.05, 3.63) is 35.4 Å². The van der Waals surface area contributed by atoms with Crippen molar-refractivity contribution in [2.24, 2.45) is 0 Å². The largest absolute Gasteiger partial charge is 0.481 e. The maximum atomic E-state index is 12.9. The van der Waals surface area contributed by atoms with E-state index in [1.54, 1.807) is 0 Å². The van der Waals surface area contributed by atoms with Crippen LogP contribution < -0.4 is 5.32 Å². The van der Waals surface area contributed by atoms with Gasteiger partial charge in [0.2, 0.25) is 0 Å². The zero-order valence-corrected chi connectivity index (χ0v) is 11.7. The quantitative estimate of drug-likeness (QED) is 0.688. The summed E-state index contributed by atoms with van der Waals surface area (Å²) in [5.74, 6) is -2.85. The minimum Gasteiger partial charge on any atom is -0.481 e. The van der Waals surface area contributed by atoms with Crippen molar-refractivity contribution < 1.29 is 23.5 Å². The van der Waals surface area contributed by atoms with Crippen molar-refractivity contribution in [3.63, 3.8) is 0 Å². The Bertz CT molecular complexity index is 472. The number of hydrogen-bond donors (Lipinski definition) is 2. The number of nitrogens with one attached hydrogen (secondary N) is 1. The maximum absolute atomic E-state index is 12.9. The zero-order chi connectivity index (χ0) is 15.7. The molecule has 1 aromatic carbocycles. The van der Waals surface area contributed by atoms with Crippen molar-refractivity contribution in [3.8, 4) is 0 Å². The van der Waals surface area contributed by atoms with Gasteiger partial charge in [-0.05, 0) is 25.0 Å². The molecule has 0 radical (unpaired) electrons. The van der Waals surface area contributed by atoms with Gasteiger partial charge in [0, 0.05) is 24.6 Å². The summed E-state index contributed by atoms with van der Waals surface area (Å²) in [7, 11) is 0. The van der Waals surface area contributed by atoms with Crippen LogP contribution in [0.15, 0.2) is 18.2 Å². The smallest absolute Gasteiger partial charge is 0.303 e.